The maximum Gasteiger partial charge on any atom is 0.191 e. The Morgan fingerprint density at radius 2 is 1.97 bits per heavy atom. The number of nitrogens with one attached hydrogen (secondary N) is 2. The fourth-order valence-corrected chi connectivity index (χ4v) is 3.97. The molecule has 0 radical (unpaired) electrons. The quantitative estimate of drug-likeness (QED) is 0.299. The minimum Gasteiger partial charge on any atom is -0.493 e. The Hall–Kier alpha value is -1.02. The highest BCUT2D eigenvalue weighted by Gasteiger charge is 2.34. The van der Waals surface area contributed by atoms with Crippen LogP contribution in [0, 0.1) is 18.8 Å². The molecule has 1 unspecified atom stereocenters. The second kappa shape index (κ2) is 10.8. The van der Waals surface area contributed by atoms with Crippen molar-refractivity contribution in [2.75, 3.05) is 32.8 Å². The van der Waals surface area contributed by atoms with Crippen molar-refractivity contribution < 1.29 is 4.74 Å². The molecular weight excluding hydrogens is 475 g/mol. The van der Waals surface area contributed by atoms with E-state index in [1.165, 1.54) is 56.3 Å². The van der Waals surface area contributed by atoms with Gasteiger partial charge < -0.3 is 20.3 Å². The number of aryl methyl sites for hydroxylation is 1. The first-order valence-corrected chi connectivity index (χ1v) is 11.2. The van der Waals surface area contributed by atoms with E-state index in [0.717, 1.165) is 49.3 Å². The van der Waals surface area contributed by atoms with E-state index >= 15 is 0 Å². The van der Waals surface area contributed by atoms with Crippen LogP contribution in [-0.2, 0) is 6.54 Å². The van der Waals surface area contributed by atoms with Crippen LogP contribution in [0.1, 0.15) is 50.2 Å². The molecule has 1 heterocycles. The van der Waals surface area contributed by atoms with Gasteiger partial charge >= 0.3 is 0 Å². The largest absolute Gasteiger partial charge is 0.493 e. The van der Waals surface area contributed by atoms with Crippen LogP contribution in [0.2, 0.25) is 0 Å². The summed E-state index contributed by atoms with van der Waals surface area (Å²) in [5, 5.41) is 6.97. The molecule has 4 rings (SSSR count). The van der Waals surface area contributed by atoms with E-state index in [9.17, 15) is 0 Å². The lowest BCUT2D eigenvalue weighted by atomic mass is 10.1. The molecule has 3 fully saturated rings. The smallest absolute Gasteiger partial charge is 0.191 e. The zero-order valence-electron chi connectivity index (χ0n) is 18.0. The van der Waals surface area contributed by atoms with Crippen molar-refractivity contribution in [2.24, 2.45) is 16.8 Å². The Morgan fingerprint density at radius 1 is 1.14 bits per heavy atom. The SMILES string of the molecule is CCNC(=NCc1ccc(C)cc1OCC1CC1)NCC1CCN(C2CC2)C1.I. The Morgan fingerprint density at radius 3 is 2.69 bits per heavy atom. The van der Waals surface area contributed by atoms with Crippen molar-refractivity contribution in [3.8, 4) is 5.75 Å². The average Bonchev–Trinajstić information content (AvgIpc) is 3.63. The van der Waals surface area contributed by atoms with E-state index in [0.29, 0.717) is 6.54 Å². The van der Waals surface area contributed by atoms with Gasteiger partial charge in [-0.05, 0) is 76.0 Å². The first-order valence-electron chi connectivity index (χ1n) is 11.2. The number of guanidine groups is 1. The summed E-state index contributed by atoms with van der Waals surface area (Å²) in [6, 6.07) is 7.36. The van der Waals surface area contributed by atoms with Gasteiger partial charge in [-0.1, -0.05) is 12.1 Å². The summed E-state index contributed by atoms with van der Waals surface area (Å²) in [5.74, 6) is 3.42. The molecule has 2 aliphatic carbocycles. The molecule has 29 heavy (non-hydrogen) atoms. The van der Waals surface area contributed by atoms with Crippen LogP contribution in [0.4, 0.5) is 0 Å². The van der Waals surface area contributed by atoms with Crippen molar-refractivity contribution in [2.45, 2.75) is 58.5 Å². The number of hydrogen-bond acceptors (Lipinski definition) is 3. The molecule has 5 nitrogen and oxygen atoms in total. The van der Waals surface area contributed by atoms with E-state index in [1.807, 2.05) is 0 Å². The number of rotatable bonds is 9. The lowest BCUT2D eigenvalue weighted by molar-refractivity contribution is 0.296. The summed E-state index contributed by atoms with van der Waals surface area (Å²) in [4.78, 5) is 7.52. The minimum atomic E-state index is 0. The second-order valence-corrected chi connectivity index (χ2v) is 8.82. The monoisotopic (exact) mass is 512 g/mol. The van der Waals surface area contributed by atoms with Crippen LogP contribution in [-0.4, -0.2) is 49.7 Å². The van der Waals surface area contributed by atoms with Crippen LogP contribution in [0.3, 0.4) is 0 Å². The molecule has 0 aromatic heterocycles. The van der Waals surface area contributed by atoms with Crippen LogP contribution in [0.15, 0.2) is 23.2 Å². The van der Waals surface area contributed by atoms with E-state index in [1.54, 1.807) is 0 Å². The van der Waals surface area contributed by atoms with Gasteiger partial charge in [-0.3, -0.25) is 0 Å². The third-order valence-electron chi connectivity index (χ3n) is 6.08. The van der Waals surface area contributed by atoms with Crippen molar-refractivity contribution in [3.63, 3.8) is 0 Å². The molecule has 3 aliphatic rings. The standard InChI is InChI=1S/C23H36N4O.HI/c1-3-24-23(25-13-19-10-11-27(15-19)21-8-9-21)26-14-20-7-4-17(2)12-22(20)28-16-18-5-6-18;/h4,7,12,18-19,21H,3,5-6,8-11,13-16H2,1-2H3,(H2,24,25,26);1H. The number of ether oxygens (including phenoxy) is 1. The van der Waals surface area contributed by atoms with Crippen LogP contribution >= 0.6 is 24.0 Å². The van der Waals surface area contributed by atoms with Crippen LogP contribution in [0.5, 0.6) is 5.75 Å². The number of halogens is 1. The lowest BCUT2D eigenvalue weighted by Gasteiger charge is -2.17. The Labute approximate surface area is 193 Å². The summed E-state index contributed by atoms with van der Waals surface area (Å²) < 4.78 is 6.10. The fourth-order valence-electron chi connectivity index (χ4n) is 3.97. The number of likely N-dealkylation sites (tertiary alicyclic amines) is 1. The molecule has 1 atom stereocenters. The number of aliphatic imine (C=N–C) groups is 1. The van der Waals surface area contributed by atoms with Gasteiger partial charge in [0, 0.05) is 31.2 Å². The Bertz CT molecular complexity index is 687. The molecular formula is C23H37IN4O. The van der Waals surface area contributed by atoms with E-state index < -0.39 is 0 Å². The van der Waals surface area contributed by atoms with Gasteiger partial charge in [0.1, 0.15) is 5.75 Å². The maximum absolute atomic E-state index is 6.10. The van der Waals surface area contributed by atoms with Gasteiger partial charge in [0.05, 0.1) is 13.2 Å². The summed E-state index contributed by atoms with van der Waals surface area (Å²) in [6.07, 6.45) is 6.75. The topological polar surface area (TPSA) is 48.9 Å². The molecule has 0 amide bonds. The fraction of sp³-hybridized carbons (Fsp3) is 0.696. The highest BCUT2D eigenvalue weighted by atomic mass is 127. The van der Waals surface area contributed by atoms with Gasteiger partial charge in [0.25, 0.3) is 0 Å². The summed E-state index contributed by atoms with van der Waals surface area (Å²) >= 11 is 0. The Kier molecular flexibility index (Phi) is 8.47. The molecule has 1 aromatic rings. The summed E-state index contributed by atoms with van der Waals surface area (Å²) in [5.41, 5.74) is 2.41. The van der Waals surface area contributed by atoms with E-state index in [4.69, 9.17) is 9.73 Å². The predicted octanol–water partition coefficient (Wildman–Crippen LogP) is 3.94. The van der Waals surface area contributed by atoms with E-state index in [2.05, 4.69) is 47.6 Å². The predicted molar refractivity (Wildman–Crippen MR) is 130 cm³/mol. The van der Waals surface area contributed by atoms with Gasteiger partial charge in [0.2, 0.25) is 0 Å². The number of hydrogen-bond donors (Lipinski definition) is 2. The van der Waals surface area contributed by atoms with Crippen LogP contribution in [0.25, 0.3) is 0 Å². The first-order chi connectivity index (χ1) is 13.7. The normalized spacial score (nSPS) is 22.3. The molecule has 2 N–H and O–H groups in total. The molecule has 1 saturated heterocycles. The molecule has 162 valence electrons. The molecule has 6 heteroatoms. The lowest BCUT2D eigenvalue weighted by Crippen LogP contribution is -2.40. The van der Waals surface area contributed by atoms with Crippen molar-refractivity contribution >= 4 is 29.9 Å². The zero-order valence-corrected chi connectivity index (χ0v) is 20.3. The third-order valence-corrected chi connectivity index (χ3v) is 6.08. The molecule has 0 bridgehead atoms. The maximum atomic E-state index is 6.10. The van der Waals surface area contributed by atoms with Gasteiger partial charge in [-0.15, -0.1) is 24.0 Å². The van der Waals surface area contributed by atoms with Crippen LogP contribution < -0.4 is 15.4 Å². The van der Waals surface area contributed by atoms with Gasteiger partial charge in [-0.2, -0.15) is 0 Å². The first kappa shape index (κ1) is 22.7. The molecule has 0 spiro atoms. The molecule has 1 aromatic carbocycles. The Balaban J connectivity index is 0.00000240. The third kappa shape index (κ3) is 7.02. The van der Waals surface area contributed by atoms with Gasteiger partial charge in [-0.25, -0.2) is 4.99 Å². The average molecular weight is 512 g/mol. The highest BCUT2D eigenvalue weighted by molar-refractivity contribution is 14.0. The highest BCUT2D eigenvalue weighted by Crippen LogP contribution is 2.32. The summed E-state index contributed by atoms with van der Waals surface area (Å²) in [7, 11) is 0. The zero-order chi connectivity index (χ0) is 19.3. The van der Waals surface area contributed by atoms with Crippen molar-refractivity contribution in [1.29, 1.82) is 0 Å². The number of benzene rings is 1. The van der Waals surface area contributed by atoms with Crippen molar-refractivity contribution in [1.82, 2.24) is 15.5 Å². The van der Waals surface area contributed by atoms with E-state index in [-0.39, 0.29) is 24.0 Å². The summed E-state index contributed by atoms with van der Waals surface area (Å²) in [6.45, 7) is 10.1. The molecule has 1 aliphatic heterocycles. The van der Waals surface area contributed by atoms with Gasteiger partial charge in [0.15, 0.2) is 5.96 Å². The number of nitrogens with zero attached hydrogens (tertiary/aromatic N) is 2. The minimum absolute atomic E-state index is 0. The second-order valence-electron chi connectivity index (χ2n) is 8.82. The van der Waals surface area contributed by atoms with Crippen molar-refractivity contribution in [3.05, 3.63) is 29.3 Å². The molecule has 2 saturated carbocycles.